The first-order valence-corrected chi connectivity index (χ1v) is 6.42. The monoisotopic (exact) mass is 259 g/mol. The molecule has 0 saturated heterocycles. The SMILES string of the molecule is CC(NCCc1ccc(F)cc1)c1ccc(O)cc1. The van der Waals surface area contributed by atoms with E-state index in [0.29, 0.717) is 0 Å². The van der Waals surface area contributed by atoms with Crippen molar-refractivity contribution in [3.8, 4) is 5.75 Å². The van der Waals surface area contributed by atoms with Crippen LogP contribution in [0.1, 0.15) is 24.1 Å². The molecule has 0 heterocycles. The standard InChI is InChI=1S/C16H18FNO/c1-12(14-4-8-16(19)9-5-14)18-11-10-13-2-6-15(17)7-3-13/h2-9,12,18-19H,10-11H2,1H3. The van der Waals surface area contributed by atoms with Crippen LogP contribution >= 0.6 is 0 Å². The quantitative estimate of drug-likeness (QED) is 0.862. The first kappa shape index (κ1) is 13.6. The maximum absolute atomic E-state index is 12.8. The minimum Gasteiger partial charge on any atom is -0.508 e. The van der Waals surface area contributed by atoms with Gasteiger partial charge in [0, 0.05) is 6.04 Å². The summed E-state index contributed by atoms with van der Waals surface area (Å²) in [4.78, 5) is 0. The molecule has 0 saturated carbocycles. The fraction of sp³-hybridized carbons (Fsp3) is 0.250. The zero-order chi connectivity index (χ0) is 13.7. The number of rotatable bonds is 5. The van der Waals surface area contributed by atoms with E-state index in [1.165, 1.54) is 12.1 Å². The van der Waals surface area contributed by atoms with Crippen LogP contribution in [0.25, 0.3) is 0 Å². The Morgan fingerprint density at radius 3 is 2.32 bits per heavy atom. The van der Waals surface area contributed by atoms with E-state index in [1.54, 1.807) is 12.1 Å². The summed E-state index contributed by atoms with van der Waals surface area (Å²) in [6.45, 7) is 2.91. The molecule has 3 heteroatoms. The predicted octanol–water partition coefficient (Wildman–Crippen LogP) is 3.42. The van der Waals surface area contributed by atoms with E-state index in [4.69, 9.17) is 0 Å². The Kier molecular flexibility index (Phi) is 4.53. The van der Waals surface area contributed by atoms with Crippen LogP contribution in [0.3, 0.4) is 0 Å². The van der Waals surface area contributed by atoms with Gasteiger partial charge in [0.15, 0.2) is 0 Å². The zero-order valence-electron chi connectivity index (χ0n) is 10.9. The molecule has 2 rings (SSSR count). The zero-order valence-corrected chi connectivity index (χ0v) is 10.9. The summed E-state index contributed by atoms with van der Waals surface area (Å²) in [7, 11) is 0. The Hall–Kier alpha value is -1.87. The van der Waals surface area contributed by atoms with Crippen molar-refractivity contribution in [2.45, 2.75) is 19.4 Å². The van der Waals surface area contributed by atoms with E-state index in [-0.39, 0.29) is 17.6 Å². The highest BCUT2D eigenvalue weighted by Gasteiger charge is 2.04. The van der Waals surface area contributed by atoms with Crippen molar-refractivity contribution >= 4 is 0 Å². The number of benzene rings is 2. The summed E-state index contributed by atoms with van der Waals surface area (Å²) in [6, 6.07) is 14.0. The second kappa shape index (κ2) is 6.34. The summed E-state index contributed by atoms with van der Waals surface area (Å²) in [5.74, 6) is 0.0800. The van der Waals surface area contributed by atoms with Crippen LogP contribution in [0.4, 0.5) is 4.39 Å². The molecule has 2 N–H and O–H groups in total. The molecule has 100 valence electrons. The molecule has 0 spiro atoms. The van der Waals surface area contributed by atoms with Crippen molar-refractivity contribution in [2.24, 2.45) is 0 Å². The molecule has 0 aliphatic heterocycles. The fourth-order valence-electron chi connectivity index (χ4n) is 1.96. The molecule has 1 atom stereocenters. The van der Waals surface area contributed by atoms with Gasteiger partial charge in [0.2, 0.25) is 0 Å². The molecule has 2 nitrogen and oxygen atoms in total. The Balaban J connectivity index is 1.82. The normalized spacial score (nSPS) is 12.3. The molecule has 0 radical (unpaired) electrons. The topological polar surface area (TPSA) is 32.3 Å². The van der Waals surface area contributed by atoms with Gasteiger partial charge in [0.25, 0.3) is 0 Å². The molecule has 0 bridgehead atoms. The largest absolute Gasteiger partial charge is 0.508 e. The molecule has 1 unspecified atom stereocenters. The third kappa shape index (κ3) is 4.07. The maximum atomic E-state index is 12.8. The van der Waals surface area contributed by atoms with E-state index in [2.05, 4.69) is 12.2 Å². The van der Waals surface area contributed by atoms with Gasteiger partial charge in [-0.25, -0.2) is 4.39 Å². The summed E-state index contributed by atoms with van der Waals surface area (Å²) in [5, 5.41) is 12.6. The molecule has 2 aromatic rings. The number of hydrogen-bond donors (Lipinski definition) is 2. The summed E-state index contributed by atoms with van der Waals surface area (Å²) >= 11 is 0. The van der Waals surface area contributed by atoms with E-state index < -0.39 is 0 Å². The van der Waals surface area contributed by atoms with Crippen LogP contribution in [0, 0.1) is 5.82 Å². The Labute approximate surface area is 112 Å². The molecule has 0 aromatic heterocycles. The lowest BCUT2D eigenvalue weighted by molar-refractivity contribution is 0.474. The second-order valence-electron chi connectivity index (χ2n) is 4.64. The van der Waals surface area contributed by atoms with Gasteiger partial charge in [-0.3, -0.25) is 0 Å². The van der Waals surface area contributed by atoms with Crippen molar-refractivity contribution < 1.29 is 9.50 Å². The van der Waals surface area contributed by atoms with Gasteiger partial charge in [0.1, 0.15) is 11.6 Å². The highest BCUT2D eigenvalue weighted by molar-refractivity contribution is 5.27. The van der Waals surface area contributed by atoms with Crippen LogP contribution in [-0.4, -0.2) is 11.7 Å². The number of halogens is 1. The Bertz CT molecular complexity index is 507. The van der Waals surface area contributed by atoms with E-state index in [1.807, 2.05) is 24.3 Å². The smallest absolute Gasteiger partial charge is 0.123 e. The van der Waals surface area contributed by atoms with Gasteiger partial charge in [0.05, 0.1) is 0 Å². The third-order valence-electron chi connectivity index (χ3n) is 3.17. The molecular weight excluding hydrogens is 241 g/mol. The average Bonchev–Trinajstić information content (AvgIpc) is 2.41. The van der Waals surface area contributed by atoms with Gasteiger partial charge in [-0.1, -0.05) is 24.3 Å². The average molecular weight is 259 g/mol. The minimum absolute atomic E-state index is 0.200. The van der Waals surface area contributed by atoms with Crippen LogP contribution < -0.4 is 5.32 Å². The van der Waals surface area contributed by atoms with Crippen LogP contribution in [0.15, 0.2) is 48.5 Å². The molecule has 0 aliphatic rings. The number of hydrogen-bond acceptors (Lipinski definition) is 2. The van der Waals surface area contributed by atoms with Crippen molar-refractivity contribution in [3.05, 3.63) is 65.5 Å². The summed E-state index contributed by atoms with van der Waals surface area (Å²) < 4.78 is 12.8. The minimum atomic E-state index is -0.200. The molecule has 2 aromatic carbocycles. The lowest BCUT2D eigenvalue weighted by Gasteiger charge is -2.14. The van der Waals surface area contributed by atoms with E-state index >= 15 is 0 Å². The summed E-state index contributed by atoms with van der Waals surface area (Å²) in [5.41, 5.74) is 2.25. The first-order chi connectivity index (χ1) is 9.15. The fourth-order valence-corrected chi connectivity index (χ4v) is 1.96. The third-order valence-corrected chi connectivity index (χ3v) is 3.17. The number of nitrogens with one attached hydrogen (secondary N) is 1. The van der Waals surface area contributed by atoms with Crippen LogP contribution in [-0.2, 0) is 6.42 Å². The highest BCUT2D eigenvalue weighted by atomic mass is 19.1. The van der Waals surface area contributed by atoms with Crippen molar-refractivity contribution in [2.75, 3.05) is 6.54 Å². The lowest BCUT2D eigenvalue weighted by atomic mass is 10.1. The lowest BCUT2D eigenvalue weighted by Crippen LogP contribution is -2.21. The number of phenols is 1. The highest BCUT2D eigenvalue weighted by Crippen LogP contribution is 2.16. The van der Waals surface area contributed by atoms with Crippen molar-refractivity contribution in [1.82, 2.24) is 5.32 Å². The van der Waals surface area contributed by atoms with Crippen molar-refractivity contribution in [3.63, 3.8) is 0 Å². The Morgan fingerprint density at radius 1 is 1.05 bits per heavy atom. The maximum Gasteiger partial charge on any atom is 0.123 e. The second-order valence-corrected chi connectivity index (χ2v) is 4.64. The Morgan fingerprint density at radius 2 is 1.68 bits per heavy atom. The van der Waals surface area contributed by atoms with Crippen molar-refractivity contribution in [1.29, 1.82) is 0 Å². The predicted molar refractivity (Wildman–Crippen MR) is 74.6 cm³/mol. The van der Waals surface area contributed by atoms with Gasteiger partial charge in [-0.05, 0) is 55.3 Å². The molecule has 0 amide bonds. The molecule has 19 heavy (non-hydrogen) atoms. The van der Waals surface area contributed by atoms with Gasteiger partial charge in [-0.15, -0.1) is 0 Å². The summed E-state index contributed by atoms with van der Waals surface area (Å²) in [6.07, 6.45) is 0.864. The molecular formula is C16H18FNO. The van der Waals surface area contributed by atoms with E-state index in [0.717, 1.165) is 24.1 Å². The van der Waals surface area contributed by atoms with Gasteiger partial charge >= 0.3 is 0 Å². The van der Waals surface area contributed by atoms with Gasteiger partial charge < -0.3 is 10.4 Å². The van der Waals surface area contributed by atoms with Gasteiger partial charge in [-0.2, -0.15) is 0 Å². The molecule has 0 aliphatic carbocycles. The van der Waals surface area contributed by atoms with Crippen LogP contribution in [0.5, 0.6) is 5.75 Å². The molecule has 0 fully saturated rings. The number of phenolic OH excluding ortho intramolecular Hbond substituents is 1. The van der Waals surface area contributed by atoms with Crippen LogP contribution in [0.2, 0.25) is 0 Å². The van der Waals surface area contributed by atoms with E-state index in [9.17, 15) is 9.50 Å². The number of aromatic hydroxyl groups is 1. The first-order valence-electron chi connectivity index (χ1n) is 6.42.